The number of para-hydroxylation sites is 2. The first-order valence-corrected chi connectivity index (χ1v) is 10.9. The molecule has 0 fully saturated rings. The van der Waals surface area contributed by atoms with Gasteiger partial charge in [-0.25, -0.2) is 9.97 Å². The summed E-state index contributed by atoms with van der Waals surface area (Å²) in [5.41, 5.74) is 5.43. The first-order valence-electron chi connectivity index (χ1n) is 9.97. The van der Waals surface area contributed by atoms with Crippen LogP contribution in [0, 0.1) is 0 Å². The van der Waals surface area contributed by atoms with Crippen molar-refractivity contribution >= 4 is 28.3 Å². The highest BCUT2D eigenvalue weighted by Crippen LogP contribution is 2.25. The molecule has 1 atom stereocenters. The van der Waals surface area contributed by atoms with Crippen molar-refractivity contribution in [2.24, 2.45) is 0 Å². The third kappa shape index (κ3) is 4.60. The minimum absolute atomic E-state index is 0.0485. The summed E-state index contributed by atoms with van der Waals surface area (Å²) in [5.74, 6) is 1.45. The fourth-order valence-corrected chi connectivity index (χ4v) is 4.12. The lowest BCUT2D eigenvalue weighted by atomic mass is 10.1. The lowest BCUT2D eigenvalue weighted by molar-refractivity contribution is -0.121. The number of hydrogen-bond acceptors (Lipinski definition) is 6. The average molecular weight is 436 g/mol. The van der Waals surface area contributed by atoms with Gasteiger partial charge < -0.3 is 19.5 Å². The zero-order chi connectivity index (χ0) is 21.8. The Hall–Kier alpha value is -3.23. The van der Waals surface area contributed by atoms with Crippen molar-refractivity contribution in [1.29, 1.82) is 0 Å². The average Bonchev–Trinajstić information content (AvgIpc) is 3.42. The van der Waals surface area contributed by atoms with Crippen LogP contribution < -0.4 is 10.1 Å². The Morgan fingerprint density at radius 1 is 1.19 bits per heavy atom. The third-order valence-electron chi connectivity index (χ3n) is 5.23. The lowest BCUT2D eigenvalue weighted by Crippen LogP contribution is -2.36. The van der Waals surface area contributed by atoms with Crippen LogP contribution in [-0.4, -0.2) is 53.1 Å². The molecule has 4 aromatic rings. The van der Waals surface area contributed by atoms with Gasteiger partial charge in [0.15, 0.2) is 5.82 Å². The Bertz CT molecular complexity index is 1150. The fraction of sp³-hybridized carbons (Fsp3) is 0.261. The number of aromatic nitrogens is 3. The molecule has 0 aliphatic carbocycles. The van der Waals surface area contributed by atoms with Gasteiger partial charge in [0.1, 0.15) is 18.0 Å². The lowest BCUT2D eigenvalue weighted by Gasteiger charge is -2.25. The molecule has 160 valence electrons. The highest BCUT2D eigenvalue weighted by atomic mass is 32.1. The number of amides is 1. The number of imidazole rings is 1. The van der Waals surface area contributed by atoms with Crippen LogP contribution in [-0.2, 0) is 11.3 Å². The van der Waals surface area contributed by atoms with E-state index >= 15 is 0 Å². The standard InChI is InChI=1S/C23H25N5O2S/c1-27(2)21(16-8-10-17(30-3)11-9-16)12-24-22(29)13-28-20-7-5-4-6-18(20)26-23(28)19-14-31-15-25-19/h4-11,14-15,21H,12-13H2,1-3H3,(H,24,29). The number of benzene rings is 2. The van der Waals surface area contributed by atoms with Gasteiger partial charge in [0.25, 0.3) is 0 Å². The predicted octanol–water partition coefficient (Wildman–Crippen LogP) is 3.59. The summed E-state index contributed by atoms with van der Waals surface area (Å²) in [6.07, 6.45) is 0. The first-order chi connectivity index (χ1) is 15.1. The van der Waals surface area contributed by atoms with Crippen LogP contribution >= 0.6 is 11.3 Å². The molecule has 0 aliphatic rings. The molecule has 1 amide bonds. The quantitative estimate of drug-likeness (QED) is 0.458. The molecule has 0 saturated heterocycles. The number of methoxy groups -OCH3 is 1. The van der Waals surface area contributed by atoms with Crippen LogP contribution in [0.5, 0.6) is 5.75 Å². The molecule has 0 aliphatic heterocycles. The molecule has 2 aromatic carbocycles. The number of likely N-dealkylation sites (N-methyl/N-ethyl adjacent to an activating group) is 1. The number of nitrogens with one attached hydrogen (secondary N) is 1. The van der Waals surface area contributed by atoms with E-state index in [2.05, 4.69) is 15.2 Å². The van der Waals surface area contributed by atoms with Crippen molar-refractivity contribution in [2.75, 3.05) is 27.7 Å². The van der Waals surface area contributed by atoms with Crippen LogP contribution in [0.3, 0.4) is 0 Å². The van der Waals surface area contributed by atoms with Crippen LogP contribution in [0.15, 0.2) is 59.4 Å². The highest BCUT2D eigenvalue weighted by molar-refractivity contribution is 7.07. The topological polar surface area (TPSA) is 72.3 Å². The van der Waals surface area contributed by atoms with E-state index in [1.165, 1.54) is 11.3 Å². The molecular formula is C23H25N5O2S. The van der Waals surface area contributed by atoms with E-state index in [4.69, 9.17) is 9.72 Å². The molecule has 2 heterocycles. The number of carbonyl (C=O) groups is 1. The second kappa shape index (κ2) is 9.28. The van der Waals surface area contributed by atoms with Crippen LogP contribution in [0.25, 0.3) is 22.6 Å². The molecule has 0 radical (unpaired) electrons. The summed E-state index contributed by atoms with van der Waals surface area (Å²) >= 11 is 1.51. The van der Waals surface area contributed by atoms with Crippen molar-refractivity contribution in [3.8, 4) is 17.3 Å². The summed E-state index contributed by atoms with van der Waals surface area (Å²) in [4.78, 5) is 24.1. The van der Waals surface area contributed by atoms with Gasteiger partial charge in [0, 0.05) is 11.9 Å². The van der Waals surface area contributed by atoms with Gasteiger partial charge in [0.05, 0.1) is 29.7 Å². The van der Waals surface area contributed by atoms with Crippen molar-refractivity contribution in [1.82, 2.24) is 24.8 Å². The van der Waals surface area contributed by atoms with Gasteiger partial charge in [0.2, 0.25) is 5.91 Å². The van der Waals surface area contributed by atoms with Crippen molar-refractivity contribution in [3.05, 3.63) is 65.0 Å². The molecule has 0 saturated carbocycles. The molecule has 31 heavy (non-hydrogen) atoms. The maximum atomic E-state index is 12.9. The fourth-order valence-electron chi connectivity index (χ4n) is 3.59. The number of fused-ring (bicyclic) bond motifs is 1. The van der Waals surface area contributed by atoms with Crippen LogP contribution in [0.2, 0.25) is 0 Å². The summed E-state index contributed by atoms with van der Waals surface area (Å²) in [6, 6.07) is 15.8. The van der Waals surface area contributed by atoms with Gasteiger partial charge in [-0.15, -0.1) is 11.3 Å². The second-order valence-electron chi connectivity index (χ2n) is 7.44. The molecule has 0 spiro atoms. The maximum Gasteiger partial charge on any atom is 0.240 e. The SMILES string of the molecule is COc1ccc(C(CNC(=O)Cn2c(-c3cscn3)nc3ccccc32)N(C)C)cc1. The largest absolute Gasteiger partial charge is 0.497 e. The van der Waals surface area contributed by atoms with Gasteiger partial charge in [-0.2, -0.15) is 0 Å². The molecule has 7 nitrogen and oxygen atoms in total. The maximum absolute atomic E-state index is 12.9. The van der Waals surface area contributed by atoms with E-state index in [9.17, 15) is 4.79 Å². The van der Waals surface area contributed by atoms with Crippen molar-refractivity contribution in [3.63, 3.8) is 0 Å². The zero-order valence-electron chi connectivity index (χ0n) is 17.8. The predicted molar refractivity (Wildman–Crippen MR) is 123 cm³/mol. The second-order valence-corrected chi connectivity index (χ2v) is 8.16. The molecule has 1 unspecified atom stereocenters. The number of ether oxygens (including phenoxy) is 1. The normalized spacial score (nSPS) is 12.3. The molecule has 2 aromatic heterocycles. The summed E-state index contributed by atoms with van der Waals surface area (Å²) < 4.78 is 7.18. The van der Waals surface area contributed by atoms with E-state index in [1.54, 1.807) is 12.6 Å². The number of hydrogen-bond donors (Lipinski definition) is 1. The smallest absolute Gasteiger partial charge is 0.240 e. The van der Waals surface area contributed by atoms with E-state index in [0.29, 0.717) is 12.4 Å². The summed E-state index contributed by atoms with van der Waals surface area (Å²) in [7, 11) is 5.66. The van der Waals surface area contributed by atoms with Gasteiger partial charge in [-0.05, 0) is 43.9 Å². The number of nitrogens with zero attached hydrogens (tertiary/aromatic N) is 4. The highest BCUT2D eigenvalue weighted by Gasteiger charge is 2.19. The molecule has 0 bridgehead atoms. The monoisotopic (exact) mass is 435 g/mol. The Morgan fingerprint density at radius 2 is 1.97 bits per heavy atom. The molecular weight excluding hydrogens is 410 g/mol. The number of thiazole rings is 1. The first kappa shape index (κ1) is 21.0. The molecule has 8 heteroatoms. The van der Waals surface area contributed by atoms with E-state index < -0.39 is 0 Å². The van der Waals surface area contributed by atoms with E-state index in [1.807, 2.05) is 72.6 Å². The Kier molecular flexibility index (Phi) is 6.29. The van der Waals surface area contributed by atoms with E-state index in [0.717, 1.165) is 28.0 Å². The van der Waals surface area contributed by atoms with Crippen LogP contribution in [0.1, 0.15) is 11.6 Å². The Labute approximate surface area is 185 Å². The van der Waals surface area contributed by atoms with Gasteiger partial charge in [-0.1, -0.05) is 24.3 Å². The van der Waals surface area contributed by atoms with Crippen molar-refractivity contribution in [2.45, 2.75) is 12.6 Å². The summed E-state index contributed by atoms with van der Waals surface area (Å²) in [5, 5.41) is 5.03. The van der Waals surface area contributed by atoms with E-state index in [-0.39, 0.29) is 18.5 Å². The Balaban J connectivity index is 1.52. The number of rotatable bonds is 8. The number of carbonyl (C=O) groups excluding carboxylic acids is 1. The van der Waals surface area contributed by atoms with Crippen LogP contribution in [0.4, 0.5) is 0 Å². The Morgan fingerprint density at radius 3 is 2.65 bits per heavy atom. The van der Waals surface area contributed by atoms with Gasteiger partial charge >= 0.3 is 0 Å². The molecule has 1 N–H and O–H groups in total. The molecule has 4 rings (SSSR count). The third-order valence-corrected chi connectivity index (χ3v) is 5.82. The summed E-state index contributed by atoms with van der Waals surface area (Å²) in [6.45, 7) is 0.674. The van der Waals surface area contributed by atoms with Gasteiger partial charge in [-0.3, -0.25) is 4.79 Å². The zero-order valence-corrected chi connectivity index (χ0v) is 18.6. The minimum atomic E-state index is -0.0694. The minimum Gasteiger partial charge on any atom is -0.497 e. The van der Waals surface area contributed by atoms with Crippen molar-refractivity contribution < 1.29 is 9.53 Å².